The second kappa shape index (κ2) is 8.70. The summed E-state index contributed by atoms with van der Waals surface area (Å²) in [6.45, 7) is 2.89. The van der Waals surface area contributed by atoms with Crippen molar-refractivity contribution in [2.24, 2.45) is 0 Å². The largest absolute Gasteiger partial charge is 0.493 e. The molecule has 1 aromatic rings. The zero-order valence-corrected chi connectivity index (χ0v) is 14.6. The number of piperidine rings is 1. The van der Waals surface area contributed by atoms with E-state index in [-0.39, 0.29) is 47.2 Å². The second-order valence-electron chi connectivity index (χ2n) is 5.45. The number of nitrogens with zero attached hydrogens (tertiary/aromatic N) is 1. The Kier molecular flexibility index (Phi) is 7.24. The zero-order chi connectivity index (χ0) is 17.0. The van der Waals surface area contributed by atoms with Crippen LogP contribution in [0.5, 0.6) is 11.5 Å². The van der Waals surface area contributed by atoms with Gasteiger partial charge < -0.3 is 20.1 Å². The van der Waals surface area contributed by atoms with Gasteiger partial charge in [0.1, 0.15) is 5.56 Å². The minimum absolute atomic E-state index is 0. The molecule has 9 heteroatoms. The molecule has 0 aromatic heterocycles. The van der Waals surface area contributed by atoms with Gasteiger partial charge in [-0.25, -0.2) is 0 Å². The molecule has 8 nitrogen and oxygen atoms in total. The summed E-state index contributed by atoms with van der Waals surface area (Å²) in [7, 11) is 2.80. The fraction of sp³-hybridized carbons (Fsp3) is 0.533. The first kappa shape index (κ1) is 20.0. The number of nitro benzene ring substituents is 1. The number of hydrogen-bond acceptors (Lipinski definition) is 6. The van der Waals surface area contributed by atoms with Gasteiger partial charge in [-0.05, 0) is 26.3 Å². The summed E-state index contributed by atoms with van der Waals surface area (Å²) in [4.78, 5) is 23.2. The maximum Gasteiger partial charge on any atom is 0.286 e. The Bertz CT molecular complexity index is 611. The monoisotopic (exact) mass is 359 g/mol. The predicted octanol–water partition coefficient (Wildman–Crippen LogP) is 1.90. The molecule has 0 aliphatic carbocycles. The van der Waals surface area contributed by atoms with Gasteiger partial charge in [0.15, 0.2) is 11.5 Å². The van der Waals surface area contributed by atoms with Crippen molar-refractivity contribution in [1.29, 1.82) is 0 Å². The van der Waals surface area contributed by atoms with Crippen LogP contribution < -0.4 is 20.1 Å². The van der Waals surface area contributed by atoms with E-state index in [2.05, 4.69) is 10.6 Å². The van der Waals surface area contributed by atoms with Crippen molar-refractivity contribution in [2.45, 2.75) is 31.8 Å². The molecular weight excluding hydrogens is 338 g/mol. The van der Waals surface area contributed by atoms with Crippen LogP contribution in [0.1, 0.15) is 30.1 Å². The lowest BCUT2D eigenvalue weighted by Crippen LogP contribution is -2.51. The molecule has 2 atom stereocenters. The molecule has 1 saturated heterocycles. The Labute approximate surface area is 146 Å². The van der Waals surface area contributed by atoms with Crippen LogP contribution in [0.25, 0.3) is 0 Å². The molecule has 0 bridgehead atoms. The summed E-state index contributed by atoms with van der Waals surface area (Å²) in [5, 5.41) is 17.4. The van der Waals surface area contributed by atoms with E-state index in [1.165, 1.54) is 26.4 Å². The summed E-state index contributed by atoms with van der Waals surface area (Å²) >= 11 is 0. The van der Waals surface area contributed by atoms with Crippen molar-refractivity contribution in [3.8, 4) is 11.5 Å². The molecule has 1 aliphatic rings. The normalized spacial score (nSPS) is 19.8. The highest BCUT2D eigenvalue weighted by molar-refractivity contribution is 5.99. The Morgan fingerprint density at radius 1 is 1.33 bits per heavy atom. The van der Waals surface area contributed by atoms with Crippen molar-refractivity contribution in [3.63, 3.8) is 0 Å². The molecule has 0 spiro atoms. The molecule has 2 N–H and O–H groups in total. The molecule has 24 heavy (non-hydrogen) atoms. The highest BCUT2D eigenvalue weighted by atomic mass is 35.5. The summed E-state index contributed by atoms with van der Waals surface area (Å²) in [5.41, 5.74) is -0.345. The molecule has 1 aliphatic heterocycles. The molecule has 2 unspecified atom stereocenters. The van der Waals surface area contributed by atoms with Crippen molar-refractivity contribution < 1.29 is 19.2 Å². The highest BCUT2D eigenvalue weighted by Crippen LogP contribution is 2.34. The molecular formula is C15H22ClN3O5. The molecule has 2 rings (SSSR count). The quantitative estimate of drug-likeness (QED) is 0.615. The van der Waals surface area contributed by atoms with E-state index in [4.69, 9.17) is 9.47 Å². The first-order valence-electron chi connectivity index (χ1n) is 7.42. The third-order valence-electron chi connectivity index (χ3n) is 4.02. The van der Waals surface area contributed by atoms with Gasteiger partial charge in [0.05, 0.1) is 25.2 Å². The summed E-state index contributed by atoms with van der Waals surface area (Å²) < 4.78 is 10.2. The first-order valence-corrected chi connectivity index (χ1v) is 7.42. The van der Waals surface area contributed by atoms with Crippen molar-refractivity contribution in [3.05, 3.63) is 27.8 Å². The van der Waals surface area contributed by atoms with Gasteiger partial charge in [-0.3, -0.25) is 14.9 Å². The number of ether oxygens (including phenoxy) is 2. The third-order valence-corrected chi connectivity index (χ3v) is 4.02. The average Bonchev–Trinajstić information content (AvgIpc) is 2.55. The van der Waals surface area contributed by atoms with Gasteiger partial charge in [-0.2, -0.15) is 0 Å². The minimum Gasteiger partial charge on any atom is -0.493 e. The first-order chi connectivity index (χ1) is 11.0. The SMILES string of the molecule is COc1cc(C(=O)NC2CCCNC2C)c([N+](=O)[O-])cc1OC.Cl. The number of methoxy groups -OCH3 is 2. The van der Waals surface area contributed by atoms with E-state index in [1.54, 1.807) is 0 Å². The average molecular weight is 360 g/mol. The van der Waals surface area contributed by atoms with Gasteiger partial charge >= 0.3 is 0 Å². The summed E-state index contributed by atoms with van der Waals surface area (Å²) in [5.74, 6) is -0.000258. The highest BCUT2D eigenvalue weighted by Gasteiger charge is 2.28. The zero-order valence-electron chi connectivity index (χ0n) is 13.8. The molecule has 1 heterocycles. The van der Waals surface area contributed by atoms with Crippen molar-refractivity contribution in [2.75, 3.05) is 20.8 Å². The lowest BCUT2D eigenvalue weighted by Gasteiger charge is -2.30. The molecule has 134 valence electrons. The lowest BCUT2D eigenvalue weighted by atomic mass is 9.99. The summed E-state index contributed by atoms with van der Waals surface area (Å²) in [6.07, 6.45) is 1.78. The maximum absolute atomic E-state index is 12.5. The number of halogens is 1. The number of amides is 1. The van der Waals surface area contributed by atoms with E-state index in [9.17, 15) is 14.9 Å². The lowest BCUT2D eigenvalue weighted by molar-refractivity contribution is -0.385. The fourth-order valence-electron chi connectivity index (χ4n) is 2.69. The van der Waals surface area contributed by atoms with Crippen LogP contribution in [0.4, 0.5) is 5.69 Å². The topological polar surface area (TPSA) is 103 Å². The van der Waals surface area contributed by atoms with Gasteiger partial charge in [0, 0.05) is 18.2 Å². The molecule has 1 aromatic carbocycles. The van der Waals surface area contributed by atoms with Crippen LogP contribution >= 0.6 is 12.4 Å². The second-order valence-corrected chi connectivity index (χ2v) is 5.45. The van der Waals surface area contributed by atoms with Crippen LogP contribution in [0, 0.1) is 10.1 Å². The van der Waals surface area contributed by atoms with E-state index in [0.29, 0.717) is 0 Å². The number of carbonyl (C=O) groups is 1. The Morgan fingerprint density at radius 3 is 2.50 bits per heavy atom. The van der Waals surface area contributed by atoms with E-state index in [0.717, 1.165) is 19.4 Å². The molecule has 1 amide bonds. The van der Waals surface area contributed by atoms with Crippen LogP contribution in [-0.2, 0) is 0 Å². The van der Waals surface area contributed by atoms with Gasteiger partial charge in [0.25, 0.3) is 11.6 Å². The minimum atomic E-state index is -0.598. The van der Waals surface area contributed by atoms with Crippen LogP contribution in [0.15, 0.2) is 12.1 Å². The molecule has 0 saturated carbocycles. The Morgan fingerprint density at radius 2 is 1.96 bits per heavy atom. The number of nitrogens with one attached hydrogen (secondary N) is 2. The molecule has 0 radical (unpaired) electrons. The standard InChI is InChI=1S/C15H21N3O5.ClH/c1-9-11(5-4-6-16-9)17-15(19)10-7-13(22-2)14(23-3)8-12(10)18(20)21;/h7-9,11,16H,4-6H2,1-3H3,(H,17,19);1H. The number of carbonyl (C=O) groups excluding carboxylic acids is 1. The summed E-state index contributed by atoms with van der Waals surface area (Å²) in [6, 6.07) is 2.60. The van der Waals surface area contributed by atoms with E-state index in [1.807, 2.05) is 6.92 Å². The number of rotatable bonds is 5. The number of hydrogen-bond donors (Lipinski definition) is 2. The van der Waals surface area contributed by atoms with Gasteiger partial charge in [-0.15, -0.1) is 12.4 Å². The van der Waals surface area contributed by atoms with E-state index >= 15 is 0 Å². The predicted molar refractivity (Wildman–Crippen MR) is 91.4 cm³/mol. The van der Waals surface area contributed by atoms with Gasteiger partial charge in [0.2, 0.25) is 0 Å². The van der Waals surface area contributed by atoms with Crippen LogP contribution in [0.2, 0.25) is 0 Å². The van der Waals surface area contributed by atoms with Crippen LogP contribution in [0.3, 0.4) is 0 Å². The smallest absolute Gasteiger partial charge is 0.286 e. The maximum atomic E-state index is 12.5. The van der Waals surface area contributed by atoms with Crippen molar-refractivity contribution >= 4 is 24.0 Å². The Hall–Kier alpha value is -2.06. The molecule has 1 fully saturated rings. The number of benzene rings is 1. The van der Waals surface area contributed by atoms with Crippen molar-refractivity contribution in [1.82, 2.24) is 10.6 Å². The van der Waals surface area contributed by atoms with E-state index < -0.39 is 10.8 Å². The third kappa shape index (κ3) is 4.27. The number of nitro groups is 1. The fourth-order valence-corrected chi connectivity index (χ4v) is 2.69. The Balaban J connectivity index is 0.00000288. The van der Waals surface area contributed by atoms with Crippen LogP contribution in [-0.4, -0.2) is 43.7 Å². The van der Waals surface area contributed by atoms with Gasteiger partial charge in [-0.1, -0.05) is 0 Å².